The van der Waals surface area contributed by atoms with Crippen molar-refractivity contribution in [2.45, 2.75) is 40.2 Å². The van der Waals surface area contributed by atoms with Gasteiger partial charge in [0.2, 0.25) is 5.91 Å². The highest BCUT2D eigenvalue weighted by Crippen LogP contribution is 2.15. The third-order valence-corrected chi connectivity index (χ3v) is 3.38. The van der Waals surface area contributed by atoms with E-state index in [1.165, 1.54) is 5.56 Å². The van der Waals surface area contributed by atoms with Crippen LogP contribution in [-0.4, -0.2) is 36.6 Å². The molecule has 0 fully saturated rings. The van der Waals surface area contributed by atoms with Crippen molar-refractivity contribution >= 4 is 12.0 Å². The van der Waals surface area contributed by atoms with E-state index in [4.69, 9.17) is 4.74 Å². The molecule has 0 saturated heterocycles. The lowest BCUT2D eigenvalue weighted by molar-refractivity contribution is -0.121. The molecular formula is C17H26N2O3. The lowest BCUT2D eigenvalue weighted by Gasteiger charge is -2.20. The maximum Gasteiger partial charge on any atom is 0.413 e. The molecular weight excluding hydrogens is 280 g/mol. The number of hydrogen-bond donors (Lipinski definition) is 1. The van der Waals surface area contributed by atoms with Crippen molar-refractivity contribution in [2.75, 3.05) is 19.7 Å². The summed E-state index contributed by atoms with van der Waals surface area (Å²) in [5.74, 6) is 0.158. The van der Waals surface area contributed by atoms with Crippen molar-refractivity contribution in [1.29, 1.82) is 0 Å². The Labute approximate surface area is 132 Å². The second kappa shape index (κ2) is 9.20. The second-order valence-corrected chi connectivity index (χ2v) is 5.47. The van der Waals surface area contributed by atoms with Crippen LogP contribution in [-0.2, 0) is 16.1 Å². The number of ether oxygens (including phenoxy) is 1. The molecule has 122 valence electrons. The molecule has 1 rings (SSSR count). The van der Waals surface area contributed by atoms with Crippen LogP contribution in [0.25, 0.3) is 0 Å². The molecule has 0 unspecified atom stereocenters. The van der Waals surface area contributed by atoms with Gasteiger partial charge in [0.25, 0.3) is 0 Å². The Morgan fingerprint density at radius 1 is 1.18 bits per heavy atom. The Bertz CT molecular complexity index is 483. The first-order chi connectivity index (χ1) is 10.5. The Morgan fingerprint density at radius 2 is 1.82 bits per heavy atom. The second-order valence-electron chi connectivity index (χ2n) is 5.47. The molecule has 0 atom stereocenters. The minimum absolute atomic E-state index is 0.168. The van der Waals surface area contributed by atoms with Crippen molar-refractivity contribution in [1.82, 2.24) is 10.2 Å². The summed E-state index contributed by atoms with van der Waals surface area (Å²) in [6.45, 7) is 9.82. The normalized spacial score (nSPS) is 10.8. The van der Waals surface area contributed by atoms with Crippen molar-refractivity contribution in [3.8, 4) is 0 Å². The van der Waals surface area contributed by atoms with Crippen LogP contribution in [0.4, 0.5) is 4.79 Å². The van der Waals surface area contributed by atoms with E-state index < -0.39 is 6.09 Å². The fourth-order valence-corrected chi connectivity index (χ4v) is 2.07. The number of benzene rings is 1. The smallest absolute Gasteiger partial charge is 0.413 e. The van der Waals surface area contributed by atoms with Crippen LogP contribution in [0.2, 0.25) is 0 Å². The van der Waals surface area contributed by atoms with Crippen molar-refractivity contribution < 1.29 is 14.3 Å². The molecule has 22 heavy (non-hydrogen) atoms. The van der Waals surface area contributed by atoms with Gasteiger partial charge in [-0.3, -0.25) is 15.0 Å². The molecule has 1 aromatic carbocycles. The number of alkyl carbamates (subject to hydrolysis) is 1. The van der Waals surface area contributed by atoms with Crippen molar-refractivity contribution in [3.63, 3.8) is 0 Å². The molecule has 0 bridgehead atoms. The number of imide groups is 1. The summed E-state index contributed by atoms with van der Waals surface area (Å²) >= 11 is 0. The van der Waals surface area contributed by atoms with E-state index in [1.54, 1.807) is 6.92 Å². The van der Waals surface area contributed by atoms with Gasteiger partial charge in [-0.1, -0.05) is 45.0 Å². The zero-order valence-corrected chi connectivity index (χ0v) is 13.9. The Morgan fingerprint density at radius 3 is 2.32 bits per heavy atom. The number of nitrogens with zero attached hydrogens (tertiary/aromatic N) is 1. The summed E-state index contributed by atoms with van der Waals surface area (Å²) < 4.78 is 4.69. The SMILES string of the molecule is CCOC(=O)NC(=O)CN(CC)Cc1ccc(C(C)C)cc1. The minimum atomic E-state index is -0.690. The van der Waals surface area contributed by atoms with Crippen LogP contribution >= 0.6 is 0 Å². The first-order valence-corrected chi connectivity index (χ1v) is 7.74. The number of nitrogens with one attached hydrogen (secondary N) is 1. The van der Waals surface area contributed by atoms with Gasteiger partial charge in [0.15, 0.2) is 0 Å². The highest BCUT2D eigenvalue weighted by molar-refractivity contribution is 5.92. The van der Waals surface area contributed by atoms with Gasteiger partial charge in [0, 0.05) is 6.54 Å². The molecule has 2 amide bonds. The predicted molar refractivity (Wildman–Crippen MR) is 86.6 cm³/mol. The molecule has 1 aromatic rings. The van der Waals surface area contributed by atoms with E-state index in [2.05, 4.69) is 43.4 Å². The molecule has 0 aliphatic carbocycles. The maximum absolute atomic E-state index is 11.8. The zero-order chi connectivity index (χ0) is 16.5. The van der Waals surface area contributed by atoms with Gasteiger partial charge in [0.1, 0.15) is 0 Å². The van der Waals surface area contributed by atoms with Gasteiger partial charge >= 0.3 is 6.09 Å². The molecule has 0 aliphatic rings. The first-order valence-electron chi connectivity index (χ1n) is 7.74. The third-order valence-electron chi connectivity index (χ3n) is 3.38. The number of likely N-dealkylation sites (N-methyl/N-ethyl adjacent to an activating group) is 1. The topological polar surface area (TPSA) is 58.6 Å². The zero-order valence-electron chi connectivity index (χ0n) is 13.9. The van der Waals surface area contributed by atoms with Crippen LogP contribution in [0, 0.1) is 0 Å². The largest absolute Gasteiger partial charge is 0.450 e. The Hall–Kier alpha value is -1.88. The first kappa shape index (κ1) is 18.2. The Balaban J connectivity index is 2.54. The third kappa shape index (κ3) is 6.26. The highest BCUT2D eigenvalue weighted by Gasteiger charge is 2.13. The van der Waals surface area contributed by atoms with Gasteiger partial charge in [-0.25, -0.2) is 4.79 Å². The average Bonchev–Trinajstić information content (AvgIpc) is 2.47. The van der Waals surface area contributed by atoms with Gasteiger partial charge < -0.3 is 4.74 Å². The number of hydrogen-bond acceptors (Lipinski definition) is 4. The molecule has 5 nitrogen and oxygen atoms in total. The monoisotopic (exact) mass is 306 g/mol. The van der Waals surface area contributed by atoms with Crippen LogP contribution in [0.5, 0.6) is 0 Å². The van der Waals surface area contributed by atoms with Crippen molar-refractivity contribution in [3.05, 3.63) is 35.4 Å². The van der Waals surface area contributed by atoms with Gasteiger partial charge in [-0.2, -0.15) is 0 Å². The maximum atomic E-state index is 11.8. The highest BCUT2D eigenvalue weighted by atomic mass is 16.5. The van der Waals surface area contributed by atoms with E-state index in [-0.39, 0.29) is 19.1 Å². The standard InChI is InChI=1S/C17H26N2O3/c1-5-19(12-16(20)18-17(21)22-6-2)11-14-7-9-15(10-8-14)13(3)4/h7-10,13H,5-6,11-12H2,1-4H3,(H,18,20,21). The van der Waals surface area contributed by atoms with E-state index >= 15 is 0 Å². The lowest BCUT2D eigenvalue weighted by Crippen LogP contribution is -2.40. The number of carbonyl (C=O) groups is 2. The van der Waals surface area contributed by atoms with E-state index in [0.29, 0.717) is 12.5 Å². The summed E-state index contributed by atoms with van der Waals surface area (Å²) in [7, 11) is 0. The molecule has 0 saturated carbocycles. The van der Waals surface area contributed by atoms with Gasteiger partial charge in [-0.15, -0.1) is 0 Å². The quantitative estimate of drug-likeness (QED) is 0.841. The van der Waals surface area contributed by atoms with E-state index in [0.717, 1.165) is 12.1 Å². The molecule has 0 radical (unpaired) electrons. The predicted octanol–water partition coefficient (Wildman–Crippen LogP) is 2.90. The number of rotatable bonds is 7. The molecule has 1 N–H and O–H groups in total. The van der Waals surface area contributed by atoms with Crippen LogP contribution in [0.1, 0.15) is 44.7 Å². The fourth-order valence-electron chi connectivity index (χ4n) is 2.07. The van der Waals surface area contributed by atoms with E-state index in [1.807, 2.05) is 11.8 Å². The number of amides is 2. The molecule has 0 heterocycles. The average molecular weight is 306 g/mol. The van der Waals surface area contributed by atoms with Crippen LogP contribution in [0.15, 0.2) is 24.3 Å². The van der Waals surface area contributed by atoms with Gasteiger partial charge in [-0.05, 0) is 30.5 Å². The van der Waals surface area contributed by atoms with Crippen LogP contribution in [0.3, 0.4) is 0 Å². The molecule has 0 spiro atoms. The minimum Gasteiger partial charge on any atom is -0.450 e. The van der Waals surface area contributed by atoms with Gasteiger partial charge in [0.05, 0.1) is 13.2 Å². The summed E-state index contributed by atoms with van der Waals surface area (Å²) in [5.41, 5.74) is 2.45. The number of carbonyl (C=O) groups excluding carboxylic acids is 2. The summed E-state index contributed by atoms with van der Waals surface area (Å²) in [6, 6.07) is 8.40. The summed E-state index contributed by atoms with van der Waals surface area (Å²) in [4.78, 5) is 25.0. The fraction of sp³-hybridized carbons (Fsp3) is 0.529. The van der Waals surface area contributed by atoms with Crippen molar-refractivity contribution in [2.24, 2.45) is 0 Å². The van der Waals surface area contributed by atoms with Crippen LogP contribution < -0.4 is 5.32 Å². The summed E-state index contributed by atoms with van der Waals surface area (Å²) in [6.07, 6.45) is -0.690. The summed E-state index contributed by atoms with van der Waals surface area (Å²) in [5, 5.41) is 2.21. The molecule has 0 aliphatic heterocycles. The Kier molecular flexibility index (Phi) is 7.60. The molecule has 0 aromatic heterocycles. The molecule has 5 heteroatoms. The van der Waals surface area contributed by atoms with E-state index in [9.17, 15) is 9.59 Å². The lowest BCUT2D eigenvalue weighted by atomic mass is 10.0.